The molecule has 0 unspecified atom stereocenters. The maximum atomic E-state index is 9.35. The summed E-state index contributed by atoms with van der Waals surface area (Å²) in [6.07, 6.45) is -0.504. The molecule has 1 heterocycles. The molecule has 3 N–H and O–H groups in total. The van der Waals surface area contributed by atoms with Crippen molar-refractivity contribution in [2.75, 3.05) is 7.11 Å². The van der Waals surface area contributed by atoms with Gasteiger partial charge in [-0.15, -0.1) is 0 Å². The molecule has 0 aromatic heterocycles. The number of methoxy groups -OCH3 is 1. The van der Waals surface area contributed by atoms with Crippen molar-refractivity contribution in [1.29, 1.82) is 0 Å². The topological polar surface area (TPSA) is 64.7 Å². The van der Waals surface area contributed by atoms with Gasteiger partial charge in [-0.05, 0) is 6.92 Å². The zero-order valence-corrected chi connectivity index (χ0v) is 6.86. The standard InChI is InChI=1S/C7H15NO3/c1-4-7(9)5(8)3-6(10-2)11-4/h4-7,9H,3,8H2,1-2H3/t4-,5-,6-,7+/m0/s1. The Morgan fingerprint density at radius 1 is 1.64 bits per heavy atom. The van der Waals surface area contributed by atoms with E-state index < -0.39 is 6.10 Å². The van der Waals surface area contributed by atoms with Crippen LogP contribution in [0.15, 0.2) is 0 Å². The van der Waals surface area contributed by atoms with E-state index in [2.05, 4.69) is 0 Å². The highest BCUT2D eigenvalue weighted by atomic mass is 16.7. The molecule has 1 fully saturated rings. The molecule has 11 heavy (non-hydrogen) atoms. The van der Waals surface area contributed by atoms with Crippen molar-refractivity contribution in [3.63, 3.8) is 0 Å². The van der Waals surface area contributed by atoms with Gasteiger partial charge in [0.05, 0.1) is 12.2 Å². The first-order valence-electron chi connectivity index (χ1n) is 3.77. The molecule has 1 saturated heterocycles. The minimum absolute atomic E-state index is 0.233. The summed E-state index contributed by atoms with van der Waals surface area (Å²) in [4.78, 5) is 0. The van der Waals surface area contributed by atoms with Crippen LogP contribution in [0.4, 0.5) is 0 Å². The van der Waals surface area contributed by atoms with E-state index in [1.165, 1.54) is 0 Å². The molecule has 1 aliphatic heterocycles. The molecule has 4 heteroatoms. The SMILES string of the molecule is CO[C@@H]1C[C@H](N)[C@H](O)[C@H](C)O1. The summed E-state index contributed by atoms with van der Waals surface area (Å²) in [7, 11) is 1.57. The van der Waals surface area contributed by atoms with Gasteiger partial charge in [0.15, 0.2) is 6.29 Å². The molecule has 0 aromatic rings. The first-order valence-corrected chi connectivity index (χ1v) is 3.77. The van der Waals surface area contributed by atoms with Crippen LogP contribution < -0.4 is 5.73 Å². The summed E-state index contributed by atoms with van der Waals surface area (Å²) in [6, 6.07) is -0.233. The predicted octanol–water partition coefficient (Wildman–Crippen LogP) is -0.544. The molecule has 4 atom stereocenters. The summed E-state index contributed by atoms with van der Waals surface area (Å²) >= 11 is 0. The fourth-order valence-corrected chi connectivity index (χ4v) is 1.24. The largest absolute Gasteiger partial charge is 0.389 e. The van der Waals surface area contributed by atoms with E-state index in [-0.39, 0.29) is 18.4 Å². The van der Waals surface area contributed by atoms with Crippen LogP contribution in [-0.4, -0.2) is 36.8 Å². The number of aliphatic hydroxyl groups is 1. The predicted molar refractivity (Wildman–Crippen MR) is 39.9 cm³/mol. The number of nitrogens with two attached hydrogens (primary N) is 1. The molecule has 0 amide bonds. The number of hydrogen-bond acceptors (Lipinski definition) is 4. The van der Waals surface area contributed by atoms with Gasteiger partial charge >= 0.3 is 0 Å². The van der Waals surface area contributed by atoms with Gasteiger partial charge in [-0.2, -0.15) is 0 Å². The minimum Gasteiger partial charge on any atom is -0.389 e. The second kappa shape index (κ2) is 3.49. The van der Waals surface area contributed by atoms with E-state index in [1.54, 1.807) is 14.0 Å². The van der Waals surface area contributed by atoms with Gasteiger partial charge in [0.25, 0.3) is 0 Å². The Labute approximate surface area is 66.3 Å². The Bertz CT molecular complexity index is 119. The van der Waals surface area contributed by atoms with Crippen LogP contribution in [0, 0.1) is 0 Å². The van der Waals surface area contributed by atoms with Gasteiger partial charge in [0.1, 0.15) is 0 Å². The Balaban J connectivity index is 2.47. The van der Waals surface area contributed by atoms with Gasteiger partial charge in [0, 0.05) is 19.6 Å². The third-order valence-electron chi connectivity index (χ3n) is 2.01. The van der Waals surface area contributed by atoms with Crippen molar-refractivity contribution in [3.8, 4) is 0 Å². The zero-order chi connectivity index (χ0) is 8.43. The van der Waals surface area contributed by atoms with E-state index in [4.69, 9.17) is 15.2 Å². The molecule has 1 rings (SSSR count). The van der Waals surface area contributed by atoms with Crippen LogP contribution in [0.5, 0.6) is 0 Å². The highest BCUT2D eigenvalue weighted by molar-refractivity contribution is 4.82. The van der Waals surface area contributed by atoms with Gasteiger partial charge in [0.2, 0.25) is 0 Å². The van der Waals surface area contributed by atoms with Crippen LogP contribution in [0.1, 0.15) is 13.3 Å². The highest BCUT2D eigenvalue weighted by Crippen LogP contribution is 2.18. The molecule has 0 spiro atoms. The Hall–Kier alpha value is -0.160. The maximum absolute atomic E-state index is 9.35. The van der Waals surface area contributed by atoms with Gasteiger partial charge in [-0.3, -0.25) is 0 Å². The Morgan fingerprint density at radius 3 is 2.73 bits per heavy atom. The van der Waals surface area contributed by atoms with Crippen molar-refractivity contribution in [2.24, 2.45) is 5.73 Å². The average Bonchev–Trinajstić information content (AvgIpc) is 1.99. The van der Waals surface area contributed by atoms with E-state index in [0.29, 0.717) is 6.42 Å². The minimum atomic E-state index is -0.568. The number of rotatable bonds is 1. The number of aliphatic hydroxyl groups excluding tert-OH is 1. The lowest BCUT2D eigenvalue weighted by Crippen LogP contribution is -2.51. The van der Waals surface area contributed by atoms with Crippen LogP contribution in [0.2, 0.25) is 0 Å². The molecule has 0 saturated carbocycles. The lowest BCUT2D eigenvalue weighted by Gasteiger charge is -2.35. The molecule has 0 aliphatic carbocycles. The van der Waals surface area contributed by atoms with E-state index in [9.17, 15) is 5.11 Å². The fourth-order valence-electron chi connectivity index (χ4n) is 1.24. The van der Waals surface area contributed by atoms with Crippen LogP contribution in [0.3, 0.4) is 0 Å². The van der Waals surface area contributed by atoms with Gasteiger partial charge in [-0.1, -0.05) is 0 Å². The maximum Gasteiger partial charge on any atom is 0.159 e. The Morgan fingerprint density at radius 2 is 2.27 bits per heavy atom. The summed E-state index contributed by atoms with van der Waals surface area (Å²) < 4.78 is 10.2. The van der Waals surface area contributed by atoms with Crippen molar-refractivity contribution >= 4 is 0 Å². The van der Waals surface area contributed by atoms with Crippen molar-refractivity contribution in [2.45, 2.75) is 37.9 Å². The quantitative estimate of drug-likeness (QED) is 0.542. The number of ether oxygens (including phenoxy) is 2. The first-order chi connectivity index (χ1) is 5.15. The molecule has 1 aliphatic rings. The molecule has 4 nitrogen and oxygen atoms in total. The van der Waals surface area contributed by atoms with Gasteiger partial charge < -0.3 is 20.3 Å². The molecular weight excluding hydrogens is 146 g/mol. The van der Waals surface area contributed by atoms with Crippen LogP contribution >= 0.6 is 0 Å². The molecule has 0 bridgehead atoms. The first kappa shape index (κ1) is 8.93. The fraction of sp³-hybridized carbons (Fsp3) is 1.00. The molecule has 66 valence electrons. The zero-order valence-electron chi connectivity index (χ0n) is 6.86. The van der Waals surface area contributed by atoms with Crippen molar-refractivity contribution in [1.82, 2.24) is 0 Å². The average molecular weight is 161 g/mol. The summed E-state index contributed by atoms with van der Waals surface area (Å²) in [6.45, 7) is 1.79. The number of hydrogen-bond donors (Lipinski definition) is 2. The van der Waals surface area contributed by atoms with Crippen LogP contribution in [-0.2, 0) is 9.47 Å². The lowest BCUT2D eigenvalue weighted by atomic mass is 10.0. The van der Waals surface area contributed by atoms with Gasteiger partial charge in [-0.25, -0.2) is 0 Å². The third kappa shape index (κ3) is 1.90. The van der Waals surface area contributed by atoms with Crippen molar-refractivity contribution < 1.29 is 14.6 Å². The smallest absolute Gasteiger partial charge is 0.159 e. The van der Waals surface area contributed by atoms with E-state index in [1.807, 2.05) is 0 Å². The highest BCUT2D eigenvalue weighted by Gasteiger charge is 2.32. The normalized spacial score (nSPS) is 45.8. The summed E-state index contributed by atoms with van der Waals surface area (Å²) in [5.74, 6) is 0. The van der Waals surface area contributed by atoms with E-state index in [0.717, 1.165) is 0 Å². The second-order valence-corrected chi connectivity index (χ2v) is 2.90. The summed E-state index contributed by atoms with van der Waals surface area (Å²) in [5.41, 5.74) is 5.62. The third-order valence-corrected chi connectivity index (χ3v) is 2.01. The molecular formula is C7H15NO3. The summed E-state index contributed by atoms with van der Waals surface area (Å²) in [5, 5.41) is 9.35. The molecule has 0 radical (unpaired) electrons. The van der Waals surface area contributed by atoms with Crippen LogP contribution in [0.25, 0.3) is 0 Å². The second-order valence-electron chi connectivity index (χ2n) is 2.90. The molecule has 0 aromatic carbocycles. The lowest BCUT2D eigenvalue weighted by molar-refractivity contribution is -0.211. The Kier molecular flexibility index (Phi) is 2.84. The van der Waals surface area contributed by atoms with Crippen molar-refractivity contribution in [3.05, 3.63) is 0 Å². The van der Waals surface area contributed by atoms with E-state index >= 15 is 0 Å². The monoisotopic (exact) mass is 161 g/mol.